The van der Waals surface area contributed by atoms with Crippen molar-refractivity contribution in [2.24, 2.45) is 0 Å². The number of rotatable bonds is 4. The van der Waals surface area contributed by atoms with Crippen molar-refractivity contribution in [2.75, 3.05) is 23.8 Å². The van der Waals surface area contributed by atoms with Gasteiger partial charge in [-0.1, -0.05) is 12.1 Å². The first-order valence-electron chi connectivity index (χ1n) is 7.45. The maximum Gasteiger partial charge on any atom is 0.263 e. The molecule has 0 aliphatic carbocycles. The van der Waals surface area contributed by atoms with Crippen LogP contribution in [0.15, 0.2) is 30.3 Å². The van der Waals surface area contributed by atoms with Crippen molar-refractivity contribution in [3.05, 3.63) is 41.5 Å². The predicted octanol–water partition coefficient (Wildman–Crippen LogP) is 2.05. The average molecular weight is 327 g/mol. The van der Waals surface area contributed by atoms with Gasteiger partial charge in [0.05, 0.1) is 0 Å². The van der Waals surface area contributed by atoms with Crippen LogP contribution in [0.1, 0.15) is 11.1 Å². The molecule has 7 nitrogen and oxygen atoms in total. The molecule has 0 saturated carbocycles. The van der Waals surface area contributed by atoms with E-state index in [0.29, 0.717) is 23.1 Å². The van der Waals surface area contributed by atoms with Crippen LogP contribution < -0.4 is 20.1 Å². The Hall–Kier alpha value is -3.09. The lowest BCUT2D eigenvalue weighted by molar-refractivity contribution is -0.119. The van der Waals surface area contributed by atoms with E-state index in [1.165, 1.54) is 0 Å². The summed E-state index contributed by atoms with van der Waals surface area (Å²) in [5.74, 6) is 1.13. The first-order valence-corrected chi connectivity index (χ1v) is 7.45. The molecule has 124 valence electrons. The second-order valence-electron chi connectivity index (χ2n) is 5.49. The monoisotopic (exact) mass is 327 g/mol. The molecule has 3 rings (SSSR count). The van der Waals surface area contributed by atoms with Gasteiger partial charge in [-0.2, -0.15) is 0 Å². The highest BCUT2D eigenvalue weighted by Gasteiger charge is 2.18. The zero-order chi connectivity index (χ0) is 17.1. The van der Waals surface area contributed by atoms with E-state index in [9.17, 15) is 9.59 Å². The van der Waals surface area contributed by atoms with Crippen molar-refractivity contribution in [3.63, 3.8) is 0 Å². The number of ether oxygens (including phenoxy) is 2. The first-order chi connectivity index (χ1) is 11.5. The molecular weight excluding hydrogens is 310 g/mol. The topological polar surface area (TPSA) is 89.5 Å². The minimum Gasteiger partial charge on any atom is -0.483 e. The van der Waals surface area contributed by atoms with Gasteiger partial charge in [0, 0.05) is 0 Å². The van der Waals surface area contributed by atoms with Gasteiger partial charge in [0.1, 0.15) is 11.6 Å². The summed E-state index contributed by atoms with van der Waals surface area (Å²) in [4.78, 5) is 27.5. The van der Waals surface area contributed by atoms with Crippen LogP contribution in [0.2, 0.25) is 0 Å². The summed E-state index contributed by atoms with van der Waals surface area (Å²) in [5, 5.41) is 5.22. The van der Waals surface area contributed by atoms with Crippen LogP contribution in [0.4, 0.5) is 11.6 Å². The predicted molar refractivity (Wildman–Crippen MR) is 88.4 cm³/mol. The molecule has 2 heterocycles. The Kier molecular flexibility index (Phi) is 4.33. The average Bonchev–Trinajstić information content (AvgIpc) is 2.55. The standard InChI is InChI=1S/C17H17N3O4/c1-10-3-4-11(2)13(7-10)24-8-15(21)18-14-6-5-12-17(19-14)20-16(22)9-23-12/h3-7H,8-9H2,1-2H3,(H2,18,19,20,21,22). The minimum atomic E-state index is -0.341. The number of nitrogens with zero attached hydrogens (tertiary/aromatic N) is 1. The van der Waals surface area contributed by atoms with Crippen molar-refractivity contribution in [1.82, 2.24) is 4.98 Å². The number of pyridine rings is 1. The van der Waals surface area contributed by atoms with E-state index in [1.54, 1.807) is 12.1 Å². The van der Waals surface area contributed by atoms with E-state index in [0.717, 1.165) is 11.1 Å². The molecule has 0 unspecified atom stereocenters. The summed E-state index contributed by atoms with van der Waals surface area (Å²) >= 11 is 0. The second kappa shape index (κ2) is 6.57. The number of fused-ring (bicyclic) bond motifs is 1. The maximum atomic E-state index is 12.0. The van der Waals surface area contributed by atoms with E-state index in [1.807, 2.05) is 32.0 Å². The number of nitrogens with one attached hydrogen (secondary N) is 2. The Balaban J connectivity index is 1.62. The van der Waals surface area contributed by atoms with Crippen LogP contribution in [0.3, 0.4) is 0 Å². The van der Waals surface area contributed by atoms with Gasteiger partial charge in [-0.3, -0.25) is 9.59 Å². The number of amides is 2. The number of anilines is 2. The highest BCUT2D eigenvalue weighted by Crippen LogP contribution is 2.26. The normalized spacial score (nSPS) is 12.7. The zero-order valence-corrected chi connectivity index (χ0v) is 13.4. The zero-order valence-electron chi connectivity index (χ0n) is 13.4. The van der Waals surface area contributed by atoms with E-state index in [-0.39, 0.29) is 25.0 Å². The third-order valence-corrected chi connectivity index (χ3v) is 3.44. The molecule has 0 bridgehead atoms. The smallest absolute Gasteiger partial charge is 0.263 e. The molecule has 0 fully saturated rings. The molecule has 7 heteroatoms. The van der Waals surface area contributed by atoms with Crippen molar-refractivity contribution in [2.45, 2.75) is 13.8 Å². The second-order valence-corrected chi connectivity index (χ2v) is 5.49. The van der Waals surface area contributed by atoms with Crippen LogP contribution in [0.25, 0.3) is 0 Å². The lowest BCUT2D eigenvalue weighted by Crippen LogP contribution is -2.27. The van der Waals surface area contributed by atoms with Gasteiger partial charge in [0.25, 0.3) is 11.8 Å². The molecule has 1 aromatic heterocycles. The lowest BCUT2D eigenvalue weighted by atomic mass is 10.1. The van der Waals surface area contributed by atoms with Crippen LogP contribution in [0, 0.1) is 13.8 Å². The summed E-state index contributed by atoms with van der Waals surface area (Å²) in [5.41, 5.74) is 2.02. The Bertz CT molecular complexity index is 804. The molecule has 1 aliphatic heterocycles. The van der Waals surface area contributed by atoms with Crippen molar-refractivity contribution < 1.29 is 19.1 Å². The van der Waals surface area contributed by atoms with Crippen LogP contribution in [0.5, 0.6) is 11.5 Å². The number of aromatic nitrogens is 1. The molecule has 0 atom stereocenters. The molecule has 0 saturated heterocycles. The Morgan fingerprint density at radius 1 is 1.33 bits per heavy atom. The third-order valence-electron chi connectivity index (χ3n) is 3.44. The van der Waals surface area contributed by atoms with Crippen molar-refractivity contribution in [1.29, 1.82) is 0 Å². The van der Waals surface area contributed by atoms with E-state index >= 15 is 0 Å². The summed E-state index contributed by atoms with van der Waals surface area (Å²) in [6.45, 7) is 3.70. The highest BCUT2D eigenvalue weighted by molar-refractivity contribution is 5.95. The molecule has 0 radical (unpaired) electrons. The fraction of sp³-hybridized carbons (Fsp3) is 0.235. The summed E-state index contributed by atoms with van der Waals surface area (Å²) in [6.07, 6.45) is 0. The molecule has 2 amide bonds. The van der Waals surface area contributed by atoms with Gasteiger partial charge in [-0.25, -0.2) is 4.98 Å². The molecule has 0 spiro atoms. The van der Waals surface area contributed by atoms with Gasteiger partial charge in [-0.05, 0) is 43.2 Å². The number of hydrogen-bond donors (Lipinski definition) is 2. The van der Waals surface area contributed by atoms with Crippen molar-refractivity contribution in [3.8, 4) is 11.5 Å². The van der Waals surface area contributed by atoms with Crippen LogP contribution >= 0.6 is 0 Å². The highest BCUT2D eigenvalue weighted by atomic mass is 16.5. The molecular formula is C17H17N3O4. The van der Waals surface area contributed by atoms with Gasteiger partial charge in [-0.15, -0.1) is 0 Å². The fourth-order valence-corrected chi connectivity index (χ4v) is 2.22. The Morgan fingerprint density at radius 3 is 3.00 bits per heavy atom. The van der Waals surface area contributed by atoms with Crippen LogP contribution in [-0.2, 0) is 9.59 Å². The summed E-state index contributed by atoms with van der Waals surface area (Å²) < 4.78 is 10.8. The SMILES string of the molecule is Cc1ccc(C)c(OCC(=O)Nc2ccc3c(n2)NC(=O)CO3)c1. The number of benzene rings is 1. The van der Waals surface area contributed by atoms with Gasteiger partial charge in [0.15, 0.2) is 24.8 Å². The summed E-state index contributed by atoms with van der Waals surface area (Å²) in [6, 6.07) is 9.05. The van der Waals surface area contributed by atoms with Crippen LogP contribution in [-0.4, -0.2) is 30.0 Å². The molecule has 1 aliphatic rings. The minimum absolute atomic E-state index is 0.0376. The fourth-order valence-electron chi connectivity index (χ4n) is 2.22. The molecule has 1 aromatic carbocycles. The number of hydrogen-bond acceptors (Lipinski definition) is 5. The van der Waals surface area contributed by atoms with Gasteiger partial charge in [0.2, 0.25) is 0 Å². The lowest BCUT2D eigenvalue weighted by Gasteiger charge is -2.17. The van der Waals surface area contributed by atoms with Gasteiger partial charge >= 0.3 is 0 Å². The Morgan fingerprint density at radius 2 is 2.17 bits per heavy atom. The van der Waals surface area contributed by atoms with E-state index in [2.05, 4.69) is 15.6 Å². The number of carbonyl (C=O) groups is 2. The number of carbonyl (C=O) groups excluding carboxylic acids is 2. The maximum absolute atomic E-state index is 12.0. The van der Waals surface area contributed by atoms with Gasteiger partial charge < -0.3 is 20.1 Å². The first kappa shape index (κ1) is 15.8. The third kappa shape index (κ3) is 3.62. The summed E-state index contributed by atoms with van der Waals surface area (Å²) in [7, 11) is 0. The largest absolute Gasteiger partial charge is 0.483 e. The number of aryl methyl sites for hydroxylation is 2. The Labute approximate surface area is 139 Å². The molecule has 2 aromatic rings. The van der Waals surface area contributed by atoms with Crippen molar-refractivity contribution >= 4 is 23.5 Å². The molecule has 2 N–H and O–H groups in total. The van der Waals surface area contributed by atoms with E-state index < -0.39 is 0 Å². The quantitative estimate of drug-likeness (QED) is 0.897. The van der Waals surface area contributed by atoms with E-state index in [4.69, 9.17) is 9.47 Å². The molecule has 24 heavy (non-hydrogen) atoms.